The molecule has 37 heavy (non-hydrogen) atoms. The first-order valence-electron chi connectivity index (χ1n) is 11.4. The highest BCUT2D eigenvalue weighted by molar-refractivity contribution is 9.10. The molecular weight excluding hydrogens is 572 g/mol. The van der Waals surface area contributed by atoms with Gasteiger partial charge in [-0.2, -0.15) is 0 Å². The number of thiophene rings is 1. The molecule has 0 bridgehead atoms. The molecule has 0 radical (unpaired) electrons. The van der Waals surface area contributed by atoms with Crippen LogP contribution >= 0.6 is 38.6 Å². The number of carbonyl (C=O) groups excluding carboxylic acids is 2. The topological polar surface area (TPSA) is 92.6 Å². The molecule has 2 amide bonds. The van der Waals surface area contributed by atoms with Gasteiger partial charge in [0, 0.05) is 26.3 Å². The van der Waals surface area contributed by atoms with E-state index in [1.165, 1.54) is 22.7 Å². The van der Waals surface area contributed by atoms with Crippen LogP contribution in [-0.4, -0.2) is 16.4 Å². The van der Waals surface area contributed by atoms with Crippen LogP contribution in [-0.2, 0) is 9.59 Å². The van der Waals surface area contributed by atoms with Crippen LogP contribution in [0.15, 0.2) is 85.5 Å². The highest BCUT2D eigenvalue weighted by Crippen LogP contribution is 2.35. The first kappa shape index (κ1) is 23.8. The number of anilines is 2. The Balaban J connectivity index is 1.56. The summed E-state index contributed by atoms with van der Waals surface area (Å²) in [6.07, 6.45) is 0. The Labute approximate surface area is 227 Å². The van der Waals surface area contributed by atoms with Gasteiger partial charge in [-0.3, -0.25) is 19.0 Å². The molecule has 10 heteroatoms. The van der Waals surface area contributed by atoms with E-state index in [0.717, 1.165) is 14.9 Å². The van der Waals surface area contributed by atoms with Gasteiger partial charge in [-0.15, -0.1) is 11.3 Å². The summed E-state index contributed by atoms with van der Waals surface area (Å²) >= 11 is 6.09. The van der Waals surface area contributed by atoms with E-state index in [1.54, 1.807) is 17.6 Å². The molecule has 4 aromatic rings. The number of allylic oxidation sites excluding steroid dienone is 1. The smallest absolute Gasteiger partial charge is 0.272 e. The minimum absolute atomic E-state index is 0.294. The number of nitrogens with one attached hydrogen (secondary N) is 2. The maximum absolute atomic E-state index is 14.0. The Bertz CT molecular complexity index is 1830. The molecule has 0 saturated heterocycles. The number of rotatable bonds is 3. The molecule has 6 rings (SSSR count). The van der Waals surface area contributed by atoms with Gasteiger partial charge < -0.3 is 10.6 Å². The van der Waals surface area contributed by atoms with Crippen LogP contribution in [0, 0.1) is 6.92 Å². The summed E-state index contributed by atoms with van der Waals surface area (Å²) in [5, 5.41) is 7.76. The van der Waals surface area contributed by atoms with Gasteiger partial charge in [-0.25, -0.2) is 4.99 Å². The lowest BCUT2D eigenvalue weighted by Gasteiger charge is -2.24. The molecular formula is C27H19BrN4O3S2. The predicted octanol–water partition coefficient (Wildman–Crippen LogP) is 4.33. The number of halogens is 1. The fraction of sp³-hybridized carbons (Fsp3) is 0.111. The van der Waals surface area contributed by atoms with Crippen LogP contribution in [0.3, 0.4) is 0 Å². The van der Waals surface area contributed by atoms with Crippen molar-refractivity contribution >= 4 is 67.4 Å². The van der Waals surface area contributed by atoms with Crippen molar-refractivity contribution in [2.24, 2.45) is 4.99 Å². The fourth-order valence-electron chi connectivity index (χ4n) is 4.65. The number of nitrogens with zero attached hydrogens (tertiary/aromatic N) is 2. The van der Waals surface area contributed by atoms with Gasteiger partial charge in [0.25, 0.3) is 17.4 Å². The summed E-state index contributed by atoms with van der Waals surface area (Å²) < 4.78 is 2.64. The zero-order valence-electron chi connectivity index (χ0n) is 19.7. The summed E-state index contributed by atoms with van der Waals surface area (Å²) in [5.41, 5.74) is 3.82. The zero-order valence-corrected chi connectivity index (χ0v) is 22.9. The summed E-state index contributed by atoms with van der Waals surface area (Å²) in [7, 11) is 0. The van der Waals surface area contributed by atoms with E-state index >= 15 is 0 Å². The van der Waals surface area contributed by atoms with Gasteiger partial charge >= 0.3 is 0 Å². The van der Waals surface area contributed by atoms with Crippen LogP contribution in [0.1, 0.15) is 29.0 Å². The maximum atomic E-state index is 14.0. The number of para-hydroxylation sites is 1. The molecule has 4 heterocycles. The molecule has 0 aliphatic carbocycles. The number of amides is 2. The molecule has 2 aliphatic heterocycles. The number of aromatic nitrogens is 1. The maximum Gasteiger partial charge on any atom is 0.272 e. The number of hydrogen-bond donors (Lipinski definition) is 2. The molecule has 184 valence electrons. The Morgan fingerprint density at radius 2 is 1.92 bits per heavy atom. The molecule has 0 fully saturated rings. The molecule has 2 aliphatic rings. The van der Waals surface area contributed by atoms with Crippen molar-refractivity contribution in [3.8, 4) is 0 Å². The number of benzene rings is 2. The van der Waals surface area contributed by atoms with Crippen molar-refractivity contribution in [1.82, 2.24) is 4.57 Å². The number of thiazole rings is 1. The molecule has 2 aromatic heterocycles. The normalized spacial score (nSPS) is 17.7. The Morgan fingerprint density at radius 1 is 1.11 bits per heavy atom. The van der Waals surface area contributed by atoms with Crippen molar-refractivity contribution in [3.63, 3.8) is 0 Å². The van der Waals surface area contributed by atoms with E-state index in [4.69, 9.17) is 0 Å². The second-order valence-electron chi connectivity index (χ2n) is 8.71. The minimum atomic E-state index is -0.666. The monoisotopic (exact) mass is 590 g/mol. The Kier molecular flexibility index (Phi) is 5.82. The molecule has 0 saturated carbocycles. The van der Waals surface area contributed by atoms with E-state index < -0.39 is 6.04 Å². The average molecular weight is 592 g/mol. The second kappa shape index (κ2) is 9.05. The predicted molar refractivity (Wildman–Crippen MR) is 150 cm³/mol. The third-order valence-electron chi connectivity index (χ3n) is 6.40. The van der Waals surface area contributed by atoms with Gasteiger partial charge in [0.1, 0.15) is 10.6 Å². The summed E-state index contributed by atoms with van der Waals surface area (Å²) in [6, 6.07) is 16.1. The van der Waals surface area contributed by atoms with Crippen LogP contribution < -0.4 is 25.5 Å². The first-order chi connectivity index (χ1) is 17.8. The summed E-state index contributed by atoms with van der Waals surface area (Å²) in [6.45, 7) is 3.70. The van der Waals surface area contributed by atoms with Gasteiger partial charge in [0.05, 0.1) is 16.8 Å². The lowest BCUT2D eigenvalue weighted by atomic mass is 10.0. The van der Waals surface area contributed by atoms with E-state index in [-0.39, 0.29) is 17.4 Å². The lowest BCUT2D eigenvalue weighted by molar-refractivity contribution is -0.113. The molecule has 2 N–H and O–H groups in total. The summed E-state index contributed by atoms with van der Waals surface area (Å²) in [5.74, 6) is -0.654. The third-order valence-corrected chi connectivity index (χ3v) is 8.87. The van der Waals surface area contributed by atoms with Crippen molar-refractivity contribution in [3.05, 3.63) is 111 Å². The number of hydrogen-bond acceptors (Lipinski definition) is 6. The SMILES string of the molecule is CC1=C(C(=O)Nc2ccccc2C)[C@H](c2cccs2)n2c(s/c(=C3\C(=O)Nc4ccc(Br)cc43)c2=O)=N1. The zero-order chi connectivity index (χ0) is 25.8. The third kappa shape index (κ3) is 3.92. The summed E-state index contributed by atoms with van der Waals surface area (Å²) in [4.78, 5) is 46.6. The van der Waals surface area contributed by atoms with Crippen LogP contribution in [0.4, 0.5) is 11.4 Å². The van der Waals surface area contributed by atoms with Crippen molar-refractivity contribution in [1.29, 1.82) is 0 Å². The Hall–Kier alpha value is -3.60. The Morgan fingerprint density at radius 3 is 2.68 bits per heavy atom. The van der Waals surface area contributed by atoms with Gasteiger partial charge in [0.15, 0.2) is 4.80 Å². The van der Waals surface area contributed by atoms with E-state index in [9.17, 15) is 14.4 Å². The van der Waals surface area contributed by atoms with E-state index in [2.05, 4.69) is 31.6 Å². The molecule has 0 spiro atoms. The van der Waals surface area contributed by atoms with Crippen LogP contribution in [0.5, 0.6) is 0 Å². The lowest BCUT2D eigenvalue weighted by Crippen LogP contribution is -2.41. The van der Waals surface area contributed by atoms with E-state index in [0.29, 0.717) is 43.1 Å². The second-order valence-corrected chi connectivity index (χ2v) is 11.6. The van der Waals surface area contributed by atoms with E-state index in [1.807, 2.05) is 60.8 Å². The highest BCUT2D eigenvalue weighted by Gasteiger charge is 2.35. The fourth-order valence-corrected chi connectivity index (χ4v) is 6.97. The van der Waals surface area contributed by atoms with Gasteiger partial charge in [0.2, 0.25) is 0 Å². The van der Waals surface area contributed by atoms with Crippen molar-refractivity contribution < 1.29 is 9.59 Å². The molecule has 1 atom stereocenters. The number of carbonyl (C=O) groups is 2. The molecule has 7 nitrogen and oxygen atoms in total. The average Bonchev–Trinajstić information content (AvgIpc) is 3.57. The highest BCUT2D eigenvalue weighted by atomic mass is 79.9. The standard InChI is InChI=1S/C27H19BrN4O3S2/c1-13-6-3-4-7-17(13)30-24(33)20-14(2)29-27-32(22(20)19-8-5-11-36-19)26(35)23(37-27)21-16-12-15(28)9-10-18(16)31-25(21)34/h3-12,22H,1-2H3,(H,30,33)(H,31,34)/b23-21-/t22-/m0/s1. The first-order valence-corrected chi connectivity index (χ1v) is 13.9. The number of aryl methyl sites for hydroxylation is 1. The van der Waals surface area contributed by atoms with Gasteiger partial charge in [-0.05, 0) is 55.1 Å². The van der Waals surface area contributed by atoms with Crippen LogP contribution in [0.2, 0.25) is 0 Å². The molecule has 0 unspecified atom stereocenters. The largest absolute Gasteiger partial charge is 0.322 e. The number of fused-ring (bicyclic) bond motifs is 2. The van der Waals surface area contributed by atoms with Crippen molar-refractivity contribution in [2.75, 3.05) is 10.6 Å². The van der Waals surface area contributed by atoms with Crippen molar-refractivity contribution in [2.45, 2.75) is 19.9 Å². The quantitative estimate of drug-likeness (QED) is 0.372. The van der Waals surface area contributed by atoms with Crippen LogP contribution in [0.25, 0.3) is 5.57 Å². The molecule has 2 aromatic carbocycles. The van der Waals surface area contributed by atoms with Gasteiger partial charge in [-0.1, -0.05) is 51.5 Å². The minimum Gasteiger partial charge on any atom is -0.322 e.